The molecule has 0 bridgehead atoms. The van der Waals surface area contributed by atoms with Gasteiger partial charge in [0.05, 0.1) is 24.0 Å². The number of hydrogen-bond donors (Lipinski definition) is 0. The van der Waals surface area contributed by atoms with E-state index in [0.717, 1.165) is 11.3 Å². The number of halogens is 3. The Balaban J connectivity index is 1.63. The van der Waals surface area contributed by atoms with Crippen molar-refractivity contribution in [2.45, 2.75) is 19.5 Å². The first-order chi connectivity index (χ1) is 16.8. The molecule has 8 heteroatoms. The quantitative estimate of drug-likeness (QED) is 0.201. The van der Waals surface area contributed by atoms with Gasteiger partial charge in [-0.05, 0) is 61.0 Å². The molecule has 1 aromatic heterocycles. The Morgan fingerprint density at radius 1 is 0.914 bits per heavy atom. The number of benzene rings is 3. The largest absolute Gasteiger partial charge is 0.455 e. The monoisotopic (exact) mass is 478 g/mol. The molecule has 5 nitrogen and oxygen atoms in total. The molecular formula is C27H25F3N4O. The molecule has 180 valence electrons. The lowest BCUT2D eigenvalue weighted by atomic mass is 10.1. The van der Waals surface area contributed by atoms with E-state index in [1.165, 1.54) is 5.01 Å². The lowest BCUT2D eigenvalue weighted by molar-refractivity contribution is -0.121. The first-order valence-corrected chi connectivity index (χ1v) is 11.2. The Kier molecular flexibility index (Phi) is 7.19. The fourth-order valence-corrected chi connectivity index (χ4v) is 3.60. The van der Waals surface area contributed by atoms with E-state index in [1.54, 1.807) is 49.7 Å². The molecule has 0 atom stereocenters. The van der Waals surface area contributed by atoms with Gasteiger partial charge in [-0.25, -0.2) is 0 Å². The van der Waals surface area contributed by atoms with Crippen molar-refractivity contribution in [2.75, 3.05) is 23.6 Å². The van der Waals surface area contributed by atoms with Gasteiger partial charge in [-0.2, -0.15) is 23.4 Å². The molecule has 0 saturated heterocycles. The lowest BCUT2D eigenvalue weighted by Crippen LogP contribution is -2.20. The highest BCUT2D eigenvalue weighted by atomic mass is 19.4. The van der Waals surface area contributed by atoms with Crippen LogP contribution in [0.4, 0.5) is 24.5 Å². The number of fused-ring (bicyclic) bond motifs is 1. The minimum Gasteiger partial charge on any atom is -0.455 e. The van der Waals surface area contributed by atoms with Crippen LogP contribution in [0, 0.1) is 0 Å². The molecule has 4 rings (SSSR count). The first-order valence-electron chi connectivity index (χ1n) is 11.2. The number of nitrogens with zero attached hydrogens (tertiary/aromatic N) is 4. The van der Waals surface area contributed by atoms with Gasteiger partial charge in [0.1, 0.15) is 11.3 Å². The van der Waals surface area contributed by atoms with Crippen LogP contribution >= 0.6 is 0 Å². The van der Waals surface area contributed by atoms with Crippen molar-refractivity contribution in [2.24, 2.45) is 10.2 Å². The summed E-state index contributed by atoms with van der Waals surface area (Å²) >= 11 is 0. The van der Waals surface area contributed by atoms with Gasteiger partial charge < -0.3 is 4.42 Å². The lowest BCUT2D eigenvalue weighted by Gasteiger charge is -2.16. The van der Waals surface area contributed by atoms with Gasteiger partial charge in [-0.1, -0.05) is 36.4 Å². The van der Waals surface area contributed by atoms with Gasteiger partial charge in [0, 0.05) is 19.0 Å². The van der Waals surface area contributed by atoms with E-state index in [0.29, 0.717) is 23.2 Å². The Hall–Kier alpha value is -4.07. The van der Waals surface area contributed by atoms with E-state index in [-0.39, 0.29) is 11.5 Å². The van der Waals surface area contributed by atoms with Gasteiger partial charge in [-0.3, -0.25) is 10.0 Å². The zero-order valence-electron chi connectivity index (χ0n) is 19.4. The maximum atomic E-state index is 13.4. The van der Waals surface area contributed by atoms with Gasteiger partial charge in [0.25, 0.3) is 0 Å². The molecular weight excluding hydrogens is 453 g/mol. The van der Waals surface area contributed by atoms with Crippen molar-refractivity contribution in [3.05, 3.63) is 96.3 Å². The van der Waals surface area contributed by atoms with Crippen LogP contribution in [0.2, 0.25) is 0 Å². The molecule has 4 aromatic rings. The smallest absolute Gasteiger partial charge is 0.394 e. The Labute approximate surface area is 201 Å². The molecule has 3 aromatic carbocycles. The van der Waals surface area contributed by atoms with Crippen LogP contribution in [-0.2, 0) is 0 Å². The fourth-order valence-electron chi connectivity index (χ4n) is 3.60. The first kappa shape index (κ1) is 24.1. The zero-order chi connectivity index (χ0) is 24.8. The maximum absolute atomic E-state index is 13.4. The van der Waals surface area contributed by atoms with Crippen LogP contribution in [0.15, 0.2) is 99.5 Å². The van der Waals surface area contributed by atoms with Gasteiger partial charge in [-0.15, -0.1) is 0 Å². The van der Waals surface area contributed by atoms with E-state index in [1.807, 2.05) is 60.5 Å². The normalized spacial score (nSPS) is 12.4. The third-order valence-electron chi connectivity index (χ3n) is 5.29. The van der Waals surface area contributed by atoms with Crippen molar-refractivity contribution >= 4 is 34.3 Å². The van der Waals surface area contributed by atoms with Crippen molar-refractivity contribution in [3.63, 3.8) is 0 Å². The molecule has 0 spiro atoms. The van der Waals surface area contributed by atoms with E-state index < -0.39 is 12.6 Å². The van der Waals surface area contributed by atoms with Gasteiger partial charge >= 0.3 is 6.18 Å². The highest BCUT2D eigenvalue weighted by Crippen LogP contribution is 2.28. The second kappa shape index (κ2) is 10.5. The summed E-state index contributed by atoms with van der Waals surface area (Å²) < 4.78 is 45.8. The number of hydrazone groups is 2. The van der Waals surface area contributed by atoms with E-state index in [9.17, 15) is 13.2 Å². The number of rotatable bonds is 8. The highest BCUT2D eigenvalue weighted by molar-refractivity contribution is 6.02. The minimum atomic E-state index is -4.44. The molecule has 0 N–H and O–H groups in total. The van der Waals surface area contributed by atoms with Crippen LogP contribution in [-0.4, -0.2) is 31.7 Å². The summed E-state index contributed by atoms with van der Waals surface area (Å²) in [7, 11) is 1.61. The predicted octanol–water partition coefficient (Wildman–Crippen LogP) is 7.09. The number of furan rings is 1. The minimum absolute atomic E-state index is 0.0775. The molecule has 0 aliphatic heterocycles. The summed E-state index contributed by atoms with van der Waals surface area (Å²) in [6.45, 7) is 2.69. The van der Waals surface area contributed by atoms with Gasteiger partial charge in [0.15, 0.2) is 5.76 Å². The second-order valence-corrected chi connectivity index (χ2v) is 7.90. The van der Waals surface area contributed by atoms with Crippen LogP contribution in [0.3, 0.4) is 0 Å². The number of anilines is 2. The number of para-hydroxylation sites is 2. The van der Waals surface area contributed by atoms with Crippen LogP contribution < -0.4 is 10.0 Å². The molecule has 0 unspecified atom stereocenters. The average molecular weight is 479 g/mol. The molecule has 0 radical (unpaired) electrons. The third-order valence-corrected chi connectivity index (χ3v) is 5.29. The summed E-state index contributed by atoms with van der Waals surface area (Å²) in [6, 6.07) is 25.7. The summed E-state index contributed by atoms with van der Waals surface area (Å²) in [5.41, 5.74) is 2.71. The number of hydrogen-bond acceptors (Lipinski definition) is 5. The van der Waals surface area contributed by atoms with Gasteiger partial charge in [0.2, 0.25) is 0 Å². The van der Waals surface area contributed by atoms with Crippen molar-refractivity contribution in [1.82, 2.24) is 0 Å². The molecule has 0 fully saturated rings. The molecule has 35 heavy (non-hydrogen) atoms. The van der Waals surface area contributed by atoms with Crippen molar-refractivity contribution in [3.8, 4) is 0 Å². The fraction of sp³-hybridized carbons (Fsp3) is 0.185. The summed E-state index contributed by atoms with van der Waals surface area (Å²) in [4.78, 5) is 0. The summed E-state index contributed by atoms with van der Waals surface area (Å²) in [5, 5.41) is 12.7. The number of alkyl halides is 3. The molecule has 0 aliphatic carbocycles. The predicted molar refractivity (Wildman–Crippen MR) is 135 cm³/mol. The molecule has 0 amide bonds. The maximum Gasteiger partial charge on any atom is 0.394 e. The molecule has 0 saturated carbocycles. The van der Waals surface area contributed by atoms with Crippen molar-refractivity contribution in [1.29, 1.82) is 0 Å². The third kappa shape index (κ3) is 6.29. The molecule has 0 aliphatic rings. The summed E-state index contributed by atoms with van der Waals surface area (Å²) in [6.07, 6.45) is -3.93. The van der Waals surface area contributed by atoms with Crippen molar-refractivity contribution < 1.29 is 17.6 Å². The highest BCUT2D eigenvalue weighted by Gasteiger charge is 2.32. The Bertz CT molecular complexity index is 1310. The SMILES string of the molecule is CCN(N=Cc1ccc2oc(C(CC(F)(F)F)=NN(C)c3ccccc3)cc2c1)c1ccccc1. The van der Waals surface area contributed by atoms with E-state index in [4.69, 9.17) is 4.42 Å². The van der Waals surface area contributed by atoms with Crippen LogP contribution in [0.25, 0.3) is 11.0 Å². The van der Waals surface area contributed by atoms with E-state index >= 15 is 0 Å². The zero-order valence-corrected chi connectivity index (χ0v) is 19.4. The standard InChI is InChI=1S/C27H25F3N4O/c1-3-34(23-12-8-5-9-13-23)31-19-20-14-15-25-21(16-20)17-26(35-25)24(18-27(28,29)30)32-33(2)22-10-6-4-7-11-22/h4-17,19H,3,18H2,1-2H3. The average Bonchev–Trinajstić information content (AvgIpc) is 3.28. The second-order valence-electron chi connectivity index (χ2n) is 7.90. The topological polar surface area (TPSA) is 44.3 Å². The van der Waals surface area contributed by atoms with E-state index in [2.05, 4.69) is 10.2 Å². The van der Waals surface area contributed by atoms with Crippen LogP contribution in [0.5, 0.6) is 0 Å². The Morgan fingerprint density at radius 3 is 2.20 bits per heavy atom. The summed E-state index contributed by atoms with van der Waals surface area (Å²) in [5.74, 6) is 0.0775. The Morgan fingerprint density at radius 2 is 1.57 bits per heavy atom. The van der Waals surface area contributed by atoms with Crippen LogP contribution in [0.1, 0.15) is 24.7 Å². The molecule has 1 heterocycles.